The third-order valence-electron chi connectivity index (χ3n) is 5.57. The number of halogens is 2. The summed E-state index contributed by atoms with van der Waals surface area (Å²) in [6.45, 7) is 1.73. The molecule has 3 unspecified atom stereocenters. The number of rotatable bonds is 3. The molecule has 1 aromatic rings. The number of benzene rings is 1. The second-order valence-electron chi connectivity index (χ2n) is 7.09. The molecule has 1 aromatic carbocycles. The number of hydrogen-bond donors (Lipinski definition) is 2. The van der Waals surface area contributed by atoms with Crippen LogP contribution in [0.15, 0.2) is 18.2 Å². The standard InChI is InChI=1S/C18H24F2N2O/c1-10(15-6-5-14(19)9-16(15)20)22-18(23)13-7-11-3-2-4-12(8-13)17(11)21/h5-6,9-13,17H,2-4,7-8,21H2,1H3,(H,22,23). The molecule has 2 fully saturated rings. The Morgan fingerprint density at radius 3 is 2.52 bits per heavy atom. The van der Waals surface area contributed by atoms with E-state index >= 15 is 0 Å². The predicted molar refractivity (Wildman–Crippen MR) is 84.4 cm³/mol. The van der Waals surface area contributed by atoms with Gasteiger partial charge < -0.3 is 11.1 Å². The summed E-state index contributed by atoms with van der Waals surface area (Å²) in [5.74, 6) is -0.465. The molecule has 0 aliphatic heterocycles. The Bertz CT molecular complexity index is 578. The van der Waals surface area contributed by atoms with Gasteiger partial charge in [-0.15, -0.1) is 0 Å². The minimum Gasteiger partial charge on any atom is -0.349 e. The van der Waals surface area contributed by atoms with E-state index in [2.05, 4.69) is 5.32 Å². The number of nitrogens with two attached hydrogens (primary N) is 1. The van der Waals surface area contributed by atoms with Crippen molar-refractivity contribution in [1.29, 1.82) is 0 Å². The van der Waals surface area contributed by atoms with E-state index in [0.29, 0.717) is 17.4 Å². The molecule has 3 N–H and O–H groups in total. The van der Waals surface area contributed by atoms with Crippen molar-refractivity contribution in [3.05, 3.63) is 35.4 Å². The van der Waals surface area contributed by atoms with Crippen molar-refractivity contribution < 1.29 is 13.6 Å². The van der Waals surface area contributed by atoms with Crippen LogP contribution in [0.3, 0.4) is 0 Å². The molecule has 3 nitrogen and oxygen atoms in total. The highest BCUT2D eigenvalue weighted by Crippen LogP contribution is 2.42. The zero-order valence-corrected chi connectivity index (χ0v) is 13.4. The number of fused-ring (bicyclic) bond motifs is 2. The van der Waals surface area contributed by atoms with Gasteiger partial charge in [-0.3, -0.25) is 4.79 Å². The number of carbonyl (C=O) groups excluding carboxylic acids is 1. The van der Waals surface area contributed by atoms with E-state index in [1.54, 1.807) is 6.92 Å². The average Bonchev–Trinajstić information content (AvgIpc) is 2.46. The van der Waals surface area contributed by atoms with Crippen LogP contribution < -0.4 is 11.1 Å². The van der Waals surface area contributed by atoms with Gasteiger partial charge >= 0.3 is 0 Å². The van der Waals surface area contributed by atoms with Crippen LogP contribution in [0.1, 0.15) is 50.6 Å². The van der Waals surface area contributed by atoms with Crippen molar-refractivity contribution in [2.75, 3.05) is 0 Å². The number of amides is 1. The molecule has 0 aromatic heterocycles. The summed E-state index contributed by atoms with van der Waals surface area (Å²) in [5.41, 5.74) is 6.57. The molecule has 2 saturated carbocycles. The van der Waals surface area contributed by atoms with E-state index in [-0.39, 0.29) is 17.9 Å². The van der Waals surface area contributed by atoms with Crippen LogP contribution in [0.5, 0.6) is 0 Å². The lowest BCUT2D eigenvalue weighted by molar-refractivity contribution is -0.128. The molecule has 0 spiro atoms. The van der Waals surface area contributed by atoms with Crippen molar-refractivity contribution in [3.8, 4) is 0 Å². The quantitative estimate of drug-likeness (QED) is 0.897. The van der Waals surface area contributed by atoms with Crippen LogP contribution >= 0.6 is 0 Å². The molecule has 0 radical (unpaired) electrons. The van der Waals surface area contributed by atoms with Gasteiger partial charge in [-0.2, -0.15) is 0 Å². The summed E-state index contributed by atoms with van der Waals surface area (Å²) in [7, 11) is 0. The van der Waals surface area contributed by atoms with Crippen molar-refractivity contribution in [2.45, 2.75) is 51.1 Å². The van der Waals surface area contributed by atoms with Gasteiger partial charge in [-0.1, -0.05) is 12.5 Å². The zero-order valence-electron chi connectivity index (χ0n) is 13.4. The monoisotopic (exact) mass is 322 g/mol. The van der Waals surface area contributed by atoms with Gasteiger partial charge in [0.15, 0.2) is 0 Å². The number of carbonyl (C=O) groups is 1. The van der Waals surface area contributed by atoms with E-state index in [1.807, 2.05) is 0 Å². The van der Waals surface area contributed by atoms with Gasteiger partial charge in [0.25, 0.3) is 0 Å². The molecular weight excluding hydrogens is 298 g/mol. The van der Waals surface area contributed by atoms with Gasteiger partial charge in [0.2, 0.25) is 5.91 Å². The Hall–Kier alpha value is -1.49. The Morgan fingerprint density at radius 2 is 1.91 bits per heavy atom. The molecule has 0 heterocycles. The minimum atomic E-state index is -0.625. The molecule has 0 saturated heterocycles. The summed E-state index contributed by atoms with van der Waals surface area (Å²) in [6, 6.07) is 3.20. The first kappa shape index (κ1) is 16.4. The van der Waals surface area contributed by atoms with E-state index < -0.39 is 17.7 Å². The molecule has 2 bridgehead atoms. The van der Waals surface area contributed by atoms with Crippen LogP contribution in [0.25, 0.3) is 0 Å². The van der Waals surface area contributed by atoms with Crippen molar-refractivity contribution in [3.63, 3.8) is 0 Å². The Morgan fingerprint density at radius 1 is 1.26 bits per heavy atom. The summed E-state index contributed by atoms with van der Waals surface area (Å²) in [6.07, 6.45) is 5.05. The topological polar surface area (TPSA) is 55.1 Å². The summed E-state index contributed by atoms with van der Waals surface area (Å²) in [4.78, 5) is 12.5. The van der Waals surface area contributed by atoms with Gasteiger partial charge in [-0.25, -0.2) is 8.78 Å². The fourth-order valence-corrected chi connectivity index (χ4v) is 4.26. The summed E-state index contributed by atoms with van der Waals surface area (Å²) >= 11 is 0. The van der Waals surface area contributed by atoms with Crippen molar-refractivity contribution in [1.82, 2.24) is 5.32 Å². The van der Waals surface area contributed by atoms with Crippen molar-refractivity contribution in [2.24, 2.45) is 23.5 Å². The van der Waals surface area contributed by atoms with E-state index in [1.165, 1.54) is 18.6 Å². The maximum absolute atomic E-state index is 13.8. The Balaban J connectivity index is 1.65. The van der Waals surface area contributed by atoms with Crippen LogP contribution in [0.4, 0.5) is 8.78 Å². The summed E-state index contributed by atoms with van der Waals surface area (Å²) in [5, 5.41) is 2.89. The first-order chi connectivity index (χ1) is 11.0. The van der Waals surface area contributed by atoms with Crippen LogP contribution in [0.2, 0.25) is 0 Å². The van der Waals surface area contributed by atoms with Gasteiger partial charge in [0.1, 0.15) is 11.6 Å². The molecule has 5 heteroatoms. The zero-order chi connectivity index (χ0) is 16.6. The third-order valence-corrected chi connectivity index (χ3v) is 5.57. The Kier molecular flexibility index (Phi) is 4.67. The highest BCUT2D eigenvalue weighted by atomic mass is 19.1. The van der Waals surface area contributed by atoms with Gasteiger partial charge in [0.05, 0.1) is 6.04 Å². The second-order valence-corrected chi connectivity index (χ2v) is 7.09. The lowest BCUT2D eigenvalue weighted by Gasteiger charge is -2.43. The van der Waals surface area contributed by atoms with E-state index in [4.69, 9.17) is 5.73 Å². The molecule has 23 heavy (non-hydrogen) atoms. The highest BCUT2D eigenvalue weighted by molar-refractivity contribution is 5.79. The molecule has 3 atom stereocenters. The largest absolute Gasteiger partial charge is 0.349 e. The van der Waals surface area contributed by atoms with E-state index in [0.717, 1.165) is 31.7 Å². The lowest BCUT2D eigenvalue weighted by Crippen LogP contribution is -2.49. The minimum absolute atomic E-state index is 0.0370. The number of nitrogens with one attached hydrogen (secondary N) is 1. The van der Waals surface area contributed by atoms with Crippen LogP contribution in [-0.2, 0) is 4.79 Å². The Labute approximate surface area is 135 Å². The molecule has 2 aliphatic rings. The third kappa shape index (κ3) is 3.39. The fourth-order valence-electron chi connectivity index (χ4n) is 4.26. The second kappa shape index (κ2) is 6.56. The molecule has 3 rings (SSSR count). The molecule has 2 aliphatic carbocycles. The maximum atomic E-state index is 13.8. The van der Waals surface area contributed by atoms with E-state index in [9.17, 15) is 13.6 Å². The summed E-state index contributed by atoms with van der Waals surface area (Å²) < 4.78 is 26.8. The lowest BCUT2D eigenvalue weighted by atomic mass is 9.65. The van der Waals surface area contributed by atoms with Crippen LogP contribution in [0, 0.1) is 29.4 Å². The highest BCUT2D eigenvalue weighted by Gasteiger charge is 2.40. The van der Waals surface area contributed by atoms with Crippen LogP contribution in [-0.4, -0.2) is 11.9 Å². The fraction of sp³-hybridized carbons (Fsp3) is 0.611. The normalized spacial score (nSPS) is 31.5. The molecule has 1 amide bonds. The first-order valence-electron chi connectivity index (χ1n) is 8.46. The smallest absolute Gasteiger partial charge is 0.223 e. The number of hydrogen-bond acceptors (Lipinski definition) is 2. The predicted octanol–water partition coefficient (Wildman–Crippen LogP) is 3.30. The average molecular weight is 322 g/mol. The van der Waals surface area contributed by atoms with Gasteiger partial charge in [0, 0.05) is 23.6 Å². The first-order valence-corrected chi connectivity index (χ1v) is 8.46. The SMILES string of the molecule is CC(NC(=O)C1CC2CCCC(C1)C2N)c1ccc(F)cc1F. The van der Waals surface area contributed by atoms with Gasteiger partial charge in [-0.05, 0) is 50.5 Å². The molecular formula is C18H24F2N2O. The van der Waals surface area contributed by atoms with Crippen molar-refractivity contribution >= 4 is 5.91 Å². The molecule has 126 valence electrons. The maximum Gasteiger partial charge on any atom is 0.223 e.